The number of carbonyl (C=O) groups excluding carboxylic acids is 1. The molecule has 1 aliphatic carbocycles. The Bertz CT molecular complexity index is 700. The molecule has 1 fully saturated rings. The first kappa shape index (κ1) is 21.9. The second kappa shape index (κ2) is 9.72. The molecule has 0 atom stereocenters. The number of rotatable bonds is 8. The van der Waals surface area contributed by atoms with Crippen molar-refractivity contribution in [3.05, 3.63) is 35.4 Å². The lowest BCUT2D eigenvalue weighted by atomic mass is 9.80. The predicted molar refractivity (Wildman–Crippen MR) is 112 cm³/mol. The van der Waals surface area contributed by atoms with Crippen LogP contribution in [-0.2, 0) is 16.3 Å². The average Bonchev–Trinajstić information content (AvgIpc) is 2.60. The minimum absolute atomic E-state index is 0.0220. The third-order valence-electron chi connectivity index (χ3n) is 5.63. The van der Waals surface area contributed by atoms with Gasteiger partial charge < -0.3 is 5.32 Å². The molecule has 1 N–H and O–H groups in total. The highest BCUT2D eigenvalue weighted by atomic mass is 32.2. The molecule has 27 heavy (non-hydrogen) atoms. The van der Waals surface area contributed by atoms with Crippen molar-refractivity contribution in [2.75, 3.05) is 5.75 Å². The van der Waals surface area contributed by atoms with Gasteiger partial charge in [0, 0.05) is 11.6 Å². The van der Waals surface area contributed by atoms with Gasteiger partial charge in [-0.05, 0) is 82.9 Å². The van der Waals surface area contributed by atoms with E-state index in [1.54, 1.807) is 13.8 Å². The SMILES string of the molecule is CC(C)NC(=O)c1ccc(CCC2CCC(CS(=O)(=O)C(C)C)CC2)cc1. The first-order valence-electron chi connectivity index (χ1n) is 10.3. The third kappa shape index (κ3) is 6.95. The largest absolute Gasteiger partial charge is 0.350 e. The molecule has 0 spiro atoms. The zero-order valence-electron chi connectivity index (χ0n) is 17.2. The zero-order chi connectivity index (χ0) is 20.0. The topological polar surface area (TPSA) is 63.2 Å². The van der Waals surface area contributed by atoms with Gasteiger partial charge in [0.15, 0.2) is 9.84 Å². The lowest BCUT2D eigenvalue weighted by Crippen LogP contribution is -2.29. The maximum absolute atomic E-state index is 12.1. The van der Waals surface area contributed by atoms with Gasteiger partial charge >= 0.3 is 0 Å². The monoisotopic (exact) mass is 393 g/mol. The molecule has 0 saturated heterocycles. The van der Waals surface area contributed by atoms with Gasteiger partial charge in [-0.25, -0.2) is 8.42 Å². The summed E-state index contributed by atoms with van der Waals surface area (Å²) in [6.07, 6.45) is 6.49. The second-order valence-corrected chi connectivity index (χ2v) is 11.2. The summed E-state index contributed by atoms with van der Waals surface area (Å²) in [6.45, 7) is 7.47. The Balaban J connectivity index is 1.76. The molecule has 1 saturated carbocycles. The van der Waals surface area contributed by atoms with Gasteiger partial charge in [0.1, 0.15) is 0 Å². The maximum Gasteiger partial charge on any atom is 0.251 e. The van der Waals surface area contributed by atoms with Gasteiger partial charge in [0.05, 0.1) is 11.0 Å². The highest BCUT2D eigenvalue weighted by Gasteiger charge is 2.27. The molecular weight excluding hydrogens is 358 g/mol. The van der Waals surface area contributed by atoms with E-state index < -0.39 is 9.84 Å². The predicted octanol–water partition coefficient (Wildman–Crippen LogP) is 4.39. The minimum Gasteiger partial charge on any atom is -0.350 e. The van der Waals surface area contributed by atoms with Crippen molar-refractivity contribution in [1.82, 2.24) is 5.32 Å². The van der Waals surface area contributed by atoms with E-state index in [9.17, 15) is 13.2 Å². The second-order valence-electron chi connectivity index (χ2n) is 8.63. The molecule has 1 aliphatic rings. The molecule has 2 rings (SSSR count). The van der Waals surface area contributed by atoms with E-state index >= 15 is 0 Å². The fraction of sp³-hybridized carbons (Fsp3) is 0.682. The van der Waals surface area contributed by atoms with Crippen molar-refractivity contribution >= 4 is 15.7 Å². The number of hydrogen-bond donors (Lipinski definition) is 1. The van der Waals surface area contributed by atoms with Crippen LogP contribution in [0.5, 0.6) is 0 Å². The third-order valence-corrected chi connectivity index (χ3v) is 8.00. The lowest BCUT2D eigenvalue weighted by Gasteiger charge is -2.28. The van der Waals surface area contributed by atoms with Gasteiger partial charge in [0.2, 0.25) is 0 Å². The minimum atomic E-state index is -2.92. The van der Waals surface area contributed by atoms with Crippen molar-refractivity contribution < 1.29 is 13.2 Å². The molecule has 0 heterocycles. The van der Waals surface area contributed by atoms with E-state index in [4.69, 9.17) is 0 Å². The summed E-state index contributed by atoms with van der Waals surface area (Å²) in [7, 11) is -2.92. The van der Waals surface area contributed by atoms with Crippen LogP contribution in [0.3, 0.4) is 0 Å². The molecule has 0 aromatic heterocycles. The molecule has 0 aliphatic heterocycles. The number of amides is 1. The number of sulfone groups is 1. The van der Waals surface area contributed by atoms with Crippen LogP contribution in [0.25, 0.3) is 0 Å². The van der Waals surface area contributed by atoms with Crippen LogP contribution >= 0.6 is 0 Å². The van der Waals surface area contributed by atoms with Crippen LogP contribution in [0.15, 0.2) is 24.3 Å². The number of nitrogens with one attached hydrogen (secondary N) is 1. The smallest absolute Gasteiger partial charge is 0.251 e. The van der Waals surface area contributed by atoms with Crippen LogP contribution in [0.4, 0.5) is 0 Å². The van der Waals surface area contributed by atoms with Gasteiger partial charge in [0.25, 0.3) is 5.91 Å². The van der Waals surface area contributed by atoms with E-state index in [0.29, 0.717) is 23.2 Å². The van der Waals surface area contributed by atoms with Gasteiger partial charge in [-0.15, -0.1) is 0 Å². The highest BCUT2D eigenvalue weighted by molar-refractivity contribution is 7.91. The van der Waals surface area contributed by atoms with Crippen molar-refractivity contribution in [1.29, 1.82) is 0 Å². The van der Waals surface area contributed by atoms with Crippen molar-refractivity contribution in [2.45, 2.75) is 77.5 Å². The quantitative estimate of drug-likeness (QED) is 0.712. The first-order chi connectivity index (χ1) is 12.7. The first-order valence-corrected chi connectivity index (χ1v) is 12.0. The summed E-state index contributed by atoms with van der Waals surface area (Å²) in [5, 5.41) is 2.64. The normalized spacial score (nSPS) is 20.8. The van der Waals surface area contributed by atoms with Crippen molar-refractivity contribution in [2.24, 2.45) is 11.8 Å². The summed E-state index contributed by atoms with van der Waals surface area (Å²) < 4.78 is 24.2. The van der Waals surface area contributed by atoms with Gasteiger partial charge in [-0.1, -0.05) is 25.0 Å². The highest BCUT2D eigenvalue weighted by Crippen LogP contribution is 2.33. The van der Waals surface area contributed by atoms with Crippen LogP contribution < -0.4 is 5.32 Å². The lowest BCUT2D eigenvalue weighted by molar-refractivity contribution is 0.0943. The van der Waals surface area contributed by atoms with Crippen LogP contribution in [0, 0.1) is 11.8 Å². The van der Waals surface area contributed by atoms with E-state index in [-0.39, 0.29) is 17.2 Å². The van der Waals surface area contributed by atoms with Gasteiger partial charge in [-0.3, -0.25) is 4.79 Å². The fourth-order valence-corrected chi connectivity index (χ4v) is 5.12. The Morgan fingerprint density at radius 1 is 1.00 bits per heavy atom. The summed E-state index contributed by atoms with van der Waals surface area (Å²) in [5.74, 6) is 1.36. The number of benzene rings is 1. The average molecular weight is 394 g/mol. The van der Waals surface area contributed by atoms with E-state index in [0.717, 1.165) is 38.5 Å². The zero-order valence-corrected chi connectivity index (χ0v) is 18.0. The van der Waals surface area contributed by atoms with E-state index in [1.165, 1.54) is 5.56 Å². The van der Waals surface area contributed by atoms with E-state index in [2.05, 4.69) is 17.4 Å². The number of aryl methyl sites for hydroxylation is 1. The molecule has 0 unspecified atom stereocenters. The Hall–Kier alpha value is -1.36. The maximum atomic E-state index is 12.1. The van der Waals surface area contributed by atoms with Crippen LogP contribution in [0.1, 0.15) is 75.7 Å². The standard InChI is InChI=1S/C22H35NO3S/c1-16(2)23-22(24)21-13-11-19(12-14-21)6-5-18-7-9-20(10-8-18)15-27(25,26)17(3)4/h11-14,16-18,20H,5-10,15H2,1-4H3,(H,23,24). The summed E-state index contributed by atoms with van der Waals surface area (Å²) >= 11 is 0. The molecular formula is C22H35NO3S. The Labute approximate surface area is 165 Å². The molecule has 0 radical (unpaired) electrons. The molecule has 1 aromatic carbocycles. The Morgan fingerprint density at radius 2 is 1.56 bits per heavy atom. The van der Waals surface area contributed by atoms with Gasteiger partial charge in [-0.2, -0.15) is 0 Å². The molecule has 1 aromatic rings. The molecule has 5 heteroatoms. The summed E-state index contributed by atoms with van der Waals surface area (Å²) in [6, 6.07) is 8.05. The summed E-state index contributed by atoms with van der Waals surface area (Å²) in [4.78, 5) is 12.0. The number of hydrogen-bond acceptors (Lipinski definition) is 3. The molecule has 152 valence electrons. The summed E-state index contributed by atoms with van der Waals surface area (Å²) in [5.41, 5.74) is 1.97. The Morgan fingerprint density at radius 3 is 2.07 bits per heavy atom. The van der Waals surface area contributed by atoms with Crippen molar-refractivity contribution in [3.63, 3.8) is 0 Å². The molecule has 0 bridgehead atoms. The van der Waals surface area contributed by atoms with E-state index in [1.807, 2.05) is 26.0 Å². The van der Waals surface area contributed by atoms with Crippen molar-refractivity contribution in [3.8, 4) is 0 Å². The van der Waals surface area contributed by atoms with Crippen LogP contribution in [0.2, 0.25) is 0 Å². The fourth-order valence-electron chi connectivity index (χ4n) is 3.75. The van der Waals surface area contributed by atoms with Crippen LogP contribution in [-0.4, -0.2) is 31.4 Å². The Kier molecular flexibility index (Phi) is 7.90. The number of carbonyl (C=O) groups is 1. The molecule has 1 amide bonds. The molecule has 4 nitrogen and oxygen atoms in total.